The largest absolute Gasteiger partial charge is 0.390 e. The maximum Gasteiger partial charge on any atom is 0.224 e. The van der Waals surface area contributed by atoms with Gasteiger partial charge in [0, 0.05) is 44.2 Å². The zero-order valence-corrected chi connectivity index (χ0v) is 21.4. The van der Waals surface area contributed by atoms with Gasteiger partial charge in [-0.3, -0.25) is 14.6 Å². The van der Waals surface area contributed by atoms with Gasteiger partial charge in [0.15, 0.2) is 0 Å². The zero-order chi connectivity index (χ0) is 27.5. The highest BCUT2D eigenvalue weighted by molar-refractivity contribution is 5.90. The average Bonchev–Trinajstić information content (AvgIpc) is 2.88. The summed E-state index contributed by atoms with van der Waals surface area (Å²) < 4.78 is 27.1. The van der Waals surface area contributed by atoms with Gasteiger partial charge in [-0.25, -0.2) is 8.78 Å². The van der Waals surface area contributed by atoms with Crippen LogP contribution in [0.5, 0.6) is 0 Å². The van der Waals surface area contributed by atoms with Gasteiger partial charge in [-0.15, -0.1) is 0 Å². The van der Waals surface area contributed by atoms with E-state index in [4.69, 9.17) is 5.73 Å². The van der Waals surface area contributed by atoms with E-state index in [0.717, 1.165) is 23.6 Å². The van der Waals surface area contributed by atoms with Crippen LogP contribution in [0.2, 0.25) is 0 Å². The van der Waals surface area contributed by atoms with Gasteiger partial charge < -0.3 is 21.1 Å². The average molecular weight is 525 g/mol. The number of aliphatic hydroxyl groups excluding tert-OH is 1. The first-order valence-corrected chi connectivity index (χ1v) is 12.7. The molecule has 3 aromatic rings. The van der Waals surface area contributed by atoms with Crippen LogP contribution < -0.4 is 11.1 Å². The first kappa shape index (κ1) is 28.9. The smallest absolute Gasteiger partial charge is 0.224 e. The number of carbonyl (C=O) groups excluding carboxylic acids is 2. The Bertz CT molecular complexity index is 1190. The molecule has 0 saturated heterocycles. The number of pyridine rings is 1. The minimum absolute atomic E-state index is 0.0394. The van der Waals surface area contributed by atoms with Crippen molar-refractivity contribution in [1.82, 2.24) is 9.88 Å². The summed E-state index contributed by atoms with van der Waals surface area (Å²) in [6.07, 6.45) is 3.46. The fourth-order valence-electron chi connectivity index (χ4n) is 4.14. The van der Waals surface area contributed by atoms with Crippen LogP contribution in [0.25, 0.3) is 0 Å². The monoisotopic (exact) mass is 524 g/mol. The molecule has 1 heterocycles. The quantitative estimate of drug-likeness (QED) is 0.313. The number of nitrogens with zero attached hydrogens (tertiary/aromatic N) is 2. The number of nitrogens with one attached hydrogen (secondary N) is 1. The predicted molar refractivity (Wildman–Crippen MR) is 142 cm³/mol. The third kappa shape index (κ3) is 9.32. The number of hydrogen-bond acceptors (Lipinski definition) is 5. The molecule has 38 heavy (non-hydrogen) atoms. The molecule has 2 aromatic carbocycles. The molecule has 0 bridgehead atoms. The molecule has 4 N–H and O–H groups in total. The Hall–Kier alpha value is -3.69. The molecule has 0 aliphatic rings. The van der Waals surface area contributed by atoms with E-state index in [1.807, 2.05) is 31.2 Å². The molecule has 0 saturated carbocycles. The van der Waals surface area contributed by atoms with Crippen LogP contribution in [0.15, 0.2) is 67.0 Å². The van der Waals surface area contributed by atoms with Crippen LogP contribution in [0.1, 0.15) is 42.9 Å². The third-order valence-electron chi connectivity index (χ3n) is 6.16. The SMILES string of the molecule is CCc1cccc(CN(C[C@@H](O)[C@@H](N)Cc2cc(F)cc(F)c2)C(=O)CCCC(=O)Nc2cccnc2)c1. The van der Waals surface area contributed by atoms with Gasteiger partial charge in [0.05, 0.1) is 18.0 Å². The van der Waals surface area contributed by atoms with E-state index in [0.29, 0.717) is 17.7 Å². The van der Waals surface area contributed by atoms with Gasteiger partial charge in [-0.2, -0.15) is 0 Å². The first-order chi connectivity index (χ1) is 18.2. The number of rotatable bonds is 13. The van der Waals surface area contributed by atoms with Crippen molar-refractivity contribution in [3.8, 4) is 0 Å². The minimum Gasteiger partial charge on any atom is -0.390 e. The topological polar surface area (TPSA) is 109 Å². The highest BCUT2D eigenvalue weighted by atomic mass is 19.1. The lowest BCUT2D eigenvalue weighted by Gasteiger charge is -2.28. The lowest BCUT2D eigenvalue weighted by molar-refractivity contribution is -0.133. The zero-order valence-electron chi connectivity index (χ0n) is 21.4. The summed E-state index contributed by atoms with van der Waals surface area (Å²) in [6, 6.07) is 13.5. The Kier molecular flexibility index (Phi) is 10.9. The number of nitrogens with two attached hydrogens (primary N) is 1. The van der Waals surface area contributed by atoms with E-state index >= 15 is 0 Å². The highest BCUT2D eigenvalue weighted by Gasteiger charge is 2.23. The fourth-order valence-corrected chi connectivity index (χ4v) is 4.14. The molecule has 0 radical (unpaired) electrons. The van der Waals surface area contributed by atoms with Crippen LogP contribution in [-0.4, -0.2) is 45.5 Å². The van der Waals surface area contributed by atoms with Crippen molar-refractivity contribution >= 4 is 17.5 Å². The minimum atomic E-state index is -1.13. The van der Waals surface area contributed by atoms with Crippen LogP contribution >= 0.6 is 0 Å². The number of halogens is 2. The number of aliphatic hydroxyl groups is 1. The lowest BCUT2D eigenvalue weighted by atomic mass is 10.0. The maximum atomic E-state index is 13.6. The molecule has 7 nitrogen and oxygen atoms in total. The van der Waals surface area contributed by atoms with Crippen molar-refractivity contribution in [1.29, 1.82) is 0 Å². The first-order valence-electron chi connectivity index (χ1n) is 12.7. The van der Waals surface area contributed by atoms with Crippen molar-refractivity contribution in [2.45, 2.75) is 57.7 Å². The van der Waals surface area contributed by atoms with E-state index in [9.17, 15) is 23.5 Å². The normalized spacial score (nSPS) is 12.6. The summed E-state index contributed by atoms with van der Waals surface area (Å²) in [5, 5.41) is 13.6. The number of anilines is 1. The fraction of sp³-hybridized carbons (Fsp3) is 0.345. The van der Waals surface area contributed by atoms with Crippen molar-refractivity contribution in [2.24, 2.45) is 5.73 Å². The number of carbonyl (C=O) groups is 2. The van der Waals surface area contributed by atoms with Gasteiger partial charge in [0.1, 0.15) is 11.6 Å². The molecular formula is C29H34F2N4O3. The van der Waals surface area contributed by atoms with Crippen LogP contribution in [0.3, 0.4) is 0 Å². The van der Waals surface area contributed by atoms with Crippen LogP contribution in [0.4, 0.5) is 14.5 Å². The Morgan fingerprint density at radius 1 is 1.03 bits per heavy atom. The van der Waals surface area contributed by atoms with Crippen molar-refractivity contribution in [3.05, 3.63) is 95.3 Å². The Morgan fingerprint density at radius 3 is 2.45 bits per heavy atom. The van der Waals surface area contributed by atoms with Gasteiger partial charge >= 0.3 is 0 Å². The maximum absolute atomic E-state index is 13.6. The molecule has 0 spiro atoms. The summed E-state index contributed by atoms with van der Waals surface area (Å²) in [5.74, 6) is -1.90. The summed E-state index contributed by atoms with van der Waals surface area (Å²) in [6.45, 7) is 2.24. The Labute approximate surface area is 221 Å². The number of benzene rings is 2. The van der Waals surface area contributed by atoms with Crippen molar-refractivity contribution in [3.63, 3.8) is 0 Å². The third-order valence-corrected chi connectivity index (χ3v) is 6.16. The molecule has 202 valence electrons. The number of aryl methyl sites for hydroxylation is 1. The standard InChI is InChI=1S/C29H34F2N4O3/c1-2-20-6-3-7-21(12-20)18-35(19-27(36)26(32)15-22-13-23(30)16-24(31)14-22)29(38)10-4-9-28(37)34-25-8-5-11-33-17-25/h3,5-8,11-14,16-17,26-27,36H,2,4,9-10,15,18-19,32H2,1H3,(H,34,37)/t26-,27+/m0/s1. The Balaban J connectivity index is 1.63. The number of amides is 2. The Morgan fingerprint density at radius 2 is 1.76 bits per heavy atom. The summed E-state index contributed by atoms with van der Waals surface area (Å²) in [5.41, 5.74) is 9.08. The molecule has 2 amide bonds. The summed E-state index contributed by atoms with van der Waals surface area (Å²) >= 11 is 0. The van der Waals surface area contributed by atoms with E-state index in [1.54, 1.807) is 18.3 Å². The molecule has 0 aliphatic carbocycles. The second kappa shape index (κ2) is 14.3. The summed E-state index contributed by atoms with van der Waals surface area (Å²) in [7, 11) is 0. The van der Waals surface area contributed by atoms with Crippen molar-refractivity contribution in [2.75, 3.05) is 11.9 Å². The molecule has 9 heteroatoms. The number of hydrogen-bond donors (Lipinski definition) is 3. The summed E-state index contributed by atoms with van der Waals surface area (Å²) in [4.78, 5) is 30.9. The van der Waals surface area contributed by atoms with Crippen LogP contribution in [0, 0.1) is 11.6 Å². The van der Waals surface area contributed by atoms with Crippen LogP contribution in [-0.2, 0) is 29.0 Å². The van der Waals surface area contributed by atoms with Gasteiger partial charge in [-0.1, -0.05) is 31.2 Å². The van der Waals surface area contributed by atoms with E-state index in [1.165, 1.54) is 23.2 Å². The molecule has 1 aromatic heterocycles. The second-order valence-electron chi connectivity index (χ2n) is 9.30. The second-order valence-corrected chi connectivity index (χ2v) is 9.30. The molecule has 0 aliphatic heterocycles. The van der Waals surface area contributed by atoms with Gasteiger partial charge in [-0.05, 0) is 60.2 Å². The molecule has 2 atom stereocenters. The molecule has 0 unspecified atom stereocenters. The van der Waals surface area contributed by atoms with E-state index in [2.05, 4.69) is 10.3 Å². The number of aromatic nitrogens is 1. The lowest BCUT2D eigenvalue weighted by Crippen LogP contribution is -2.46. The molecule has 3 rings (SSSR count). The highest BCUT2D eigenvalue weighted by Crippen LogP contribution is 2.15. The van der Waals surface area contributed by atoms with Crippen molar-refractivity contribution < 1.29 is 23.5 Å². The molecular weight excluding hydrogens is 490 g/mol. The van der Waals surface area contributed by atoms with Gasteiger partial charge in [0.2, 0.25) is 11.8 Å². The van der Waals surface area contributed by atoms with Gasteiger partial charge in [0.25, 0.3) is 0 Å². The molecule has 0 fully saturated rings. The van der Waals surface area contributed by atoms with E-state index < -0.39 is 23.8 Å². The predicted octanol–water partition coefficient (Wildman–Crippen LogP) is 3.99. The van der Waals surface area contributed by atoms with E-state index in [-0.39, 0.29) is 44.2 Å².